The van der Waals surface area contributed by atoms with Crippen LogP contribution in [0.4, 0.5) is 0 Å². The van der Waals surface area contributed by atoms with Crippen molar-refractivity contribution in [2.24, 2.45) is 0 Å². The van der Waals surface area contributed by atoms with Crippen molar-refractivity contribution in [3.05, 3.63) is 0 Å². The van der Waals surface area contributed by atoms with E-state index in [1.165, 1.54) is 44.9 Å². The molecule has 0 rings (SSSR count). The summed E-state index contributed by atoms with van der Waals surface area (Å²) >= 11 is 4.24. The predicted molar refractivity (Wildman–Crippen MR) is 96.2 cm³/mol. The second-order valence-electron chi connectivity index (χ2n) is 5.28. The summed E-state index contributed by atoms with van der Waals surface area (Å²) in [4.78, 5) is 0. The Labute approximate surface area is 138 Å². The zero-order valence-electron chi connectivity index (χ0n) is 14.4. The van der Waals surface area contributed by atoms with Crippen LogP contribution in [0.2, 0.25) is 6.04 Å². The SMILES string of the molecule is CCO[Si](CCCCCCCCCCS)(OCC)OCC. The molecule has 0 aromatic rings. The van der Waals surface area contributed by atoms with Gasteiger partial charge in [0.2, 0.25) is 0 Å². The Morgan fingerprint density at radius 1 is 0.619 bits per heavy atom. The smallest absolute Gasteiger partial charge is 0.374 e. The molecular weight excluding hydrogens is 300 g/mol. The van der Waals surface area contributed by atoms with Crippen LogP contribution in [-0.4, -0.2) is 34.4 Å². The van der Waals surface area contributed by atoms with Gasteiger partial charge in [0.25, 0.3) is 0 Å². The number of thiol groups is 1. The van der Waals surface area contributed by atoms with Crippen LogP contribution in [0.5, 0.6) is 0 Å². The molecule has 0 bridgehead atoms. The van der Waals surface area contributed by atoms with E-state index in [1.807, 2.05) is 20.8 Å². The maximum Gasteiger partial charge on any atom is 0.500 e. The molecule has 0 aromatic carbocycles. The maximum atomic E-state index is 5.87. The Morgan fingerprint density at radius 3 is 1.38 bits per heavy atom. The minimum absolute atomic E-state index is 0.678. The molecule has 0 N–H and O–H groups in total. The average Bonchev–Trinajstić information content (AvgIpc) is 2.46. The molecule has 0 fully saturated rings. The Kier molecular flexibility index (Phi) is 15.7. The summed E-state index contributed by atoms with van der Waals surface area (Å²) in [6.07, 6.45) is 10.4. The van der Waals surface area contributed by atoms with Crippen LogP contribution in [-0.2, 0) is 13.3 Å². The highest BCUT2D eigenvalue weighted by Crippen LogP contribution is 2.20. The van der Waals surface area contributed by atoms with Crippen LogP contribution >= 0.6 is 12.6 Å². The van der Waals surface area contributed by atoms with Gasteiger partial charge in [0, 0.05) is 25.9 Å². The van der Waals surface area contributed by atoms with Gasteiger partial charge in [-0.05, 0) is 39.4 Å². The van der Waals surface area contributed by atoms with E-state index < -0.39 is 8.80 Å². The molecule has 0 saturated heterocycles. The van der Waals surface area contributed by atoms with Gasteiger partial charge in [-0.2, -0.15) is 12.6 Å². The normalized spacial score (nSPS) is 12.0. The Morgan fingerprint density at radius 2 is 1.00 bits per heavy atom. The topological polar surface area (TPSA) is 27.7 Å². The van der Waals surface area contributed by atoms with Gasteiger partial charge in [-0.1, -0.05) is 38.5 Å². The first-order valence-electron chi connectivity index (χ1n) is 8.77. The standard InChI is InChI=1S/C16H36O3SSi/c1-4-17-21(18-5-2,19-6-3)16-14-12-10-8-7-9-11-13-15-20/h20H,4-16H2,1-3H3. The number of rotatable bonds is 16. The van der Waals surface area contributed by atoms with Crippen molar-refractivity contribution in [1.82, 2.24) is 0 Å². The molecule has 0 saturated carbocycles. The van der Waals surface area contributed by atoms with E-state index in [1.54, 1.807) is 0 Å². The van der Waals surface area contributed by atoms with E-state index in [2.05, 4.69) is 12.6 Å². The monoisotopic (exact) mass is 336 g/mol. The van der Waals surface area contributed by atoms with Crippen molar-refractivity contribution in [1.29, 1.82) is 0 Å². The highest BCUT2D eigenvalue weighted by Gasteiger charge is 2.39. The van der Waals surface area contributed by atoms with Crippen molar-refractivity contribution >= 4 is 21.4 Å². The third kappa shape index (κ3) is 11.6. The summed E-state index contributed by atoms with van der Waals surface area (Å²) < 4.78 is 17.6. The van der Waals surface area contributed by atoms with Gasteiger partial charge in [-0.25, -0.2) is 0 Å². The third-order valence-corrected chi connectivity index (χ3v) is 6.95. The summed E-state index contributed by atoms with van der Waals surface area (Å²) in [6, 6.07) is 0.960. The molecule has 0 heterocycles. The molecule has 0 spiro atoms. The van der Waals surface area contributed by atoms with E-state index in [0.29, 0.717) is 19.8 Å². The molecule has 0 aromatic heterocycles. The Hall–Kier alpha value is 0.447. The van der Waals surface area contributed by atoms with E-state index >= 15 is 0 Å². The molecule has 0 amide bonds. The van der Waals surface area contributed by atoms with E-state index in [0.717, 1.165) is 18.2 Å². The van der Waals surface area contributed by atoms with Crippen LogP contribution in [0.3, 0.4) is 0 Å². The fraction of sp³-hybridized carbons (Fsp3) is 1.00. The lowest BCUT2D eigenvalue weighted by Gasteiger charge is -2.28. The van der Waals surface area contributed by atoms with Gasteiger partial charge in [0.1, 0.15) is 0 Å². The van der Waals surface area contributed by atoms with Gasteiger partial charge in [0.05, 0.1) is 0 Å². The van der Waals surface area contributed by atoms with Crippen molar-refractivity contribution in [3.8, 4) is 0 Å². The maximum absolute atomic E-state index is 5.87. The first-order chi connectivity index (χ1) is 10.2. The van der Waals surface area contributed by atoms with E-state index in [9.17, 15) is 0 Å². The summed E-state index contributed by atoms with van der Waals surface area (Å²) in [6.45, 7) is 8.09. The molecule has 0 aliphatic carbocycles. The van der Waals surface area contributed by atoms with Crippen molar-refractivity contribution in [2.45, 2.75) is 78.2 Å². The van der Waals surface area contributed by atoms with Crippen LogP contribution < -0.4 is 0 Å². The number of unbranched alkanes of at least 4 members (excludes halogenated alkanes) is 7. The van der Waals surface area contributed by atoms with Crippen molar-refractivity contribution < 1.29 is 13.3 Å². The second kappa shape index (κ2) is 15.3. The molecule has 0 atom stereocenters. The van der Waals surface area contributed by atoms with Crippen molar-refractivity contribution in [3.63, 3.8) is 0 Å². The molecule has 3 nitrogen and oxygen atoms in total. The highest BCUT2D eigenvalue weighted by molar-refractivity contribution is 7.80. The molecule has 128 valence electrons. The summed E-state index contributed by atoms with van der Waals surface area (Å²) in [5.41, 5.74) is 0. The lowest BCUT2D eigenvalue weighted by atomic mass is 10.1. The summed E-state index contributed by atoms with van der Waals surface area (Å²) in [5, 5.41) is 0. The van der Waals surface area contributed by atoms with Gasteiger partial charge in [0.15, 0.2) is 0 Å². The van der Waals surface area contributed by atoms with Gasteiger partial charge < -0.3 is 13.3 Å². The Bertz CT molecular complexity index is 201. The average molecular weight is 337 g/mol. The van der Waals surface area contributed by atoms with E-state index in [4.69, 9.17) is 13.3 Å². The molecule has 0 radical (unpaired) electrons. The van der Waals surface area contributed by atoms with Crippen LogP contribution in [0.15, 0.2) is 0 Å². The molecular formula is C16H36O3SSi. The van der Waals surface area contributed by atoms with Crippen molar-refractivity contribution in [2.75, 3.05) is 25.6 Å². The summed E-state index contributed by atoms with van der Waals surface area (Å²) in [7, 11) is -2.39. The highest BCUT2D eigenvalue weighted by atomic mass is 32.1. The Balaban J connectivity index is 3.76. The predicted octanol–water partition coefficient (Wildman–Crippen LogP) is 5.09. The van der Waals surface area contributed by atoms with Crippen LogP contribution in [0.1, 0.15) is 72.1 Å². The minimum atomic E-state index is -2.39. The first kappa shape index (κ1) is 21.4. The van der Waals surface area contributed by atoms with Crippen LogP contribution in [0.25, 0.3) is 0 Å². The quantitative estimate of drug-likeness (QED) is 0.242. The zero-order valence-corrected chi connectivity index (χ0v) is 16.3. The lowest BCUT2D eigenvalue weighted by molar-refractivity contribution is 0.0706. The minimum Gasteiger partial charge on any atom is -0.374 e. The first-order valence-corrected chi connectivity index (χ1v) is 11.3. The third-order valence-electron chi connectivity index (χ3n) is 3.48. The fourth-order valence-corrected chi connectivity index (χ4v) is 5.42. The fourth-order valence-electron chi connectivity index (χ4n) is 2.52. The molecule has 0 unspecified atom stereocenters. The zero-order chi connectivity index (χ0) is 15.8. The van der Waals surface area contributed by atoms with E-state index in [-0.39, 0.29) is 0 Å². The largest absolute Gasteiger partial charge is 0.500 e. The number of hydrogen-bond acceptors (Lipinski definition) is 4. The molecule has 0 aliphatic rings. The van der Waals surface area contributed by atoms with Crippen LogP contribution in [0, 0.1) is 0 Å². The molecule has 21 heavy (non-hydrogen) atoms. The lowest BCUT2D eigenvalue weighted by Crippen LogP contribution is -2.45. The second-order valence-corrected chi connectivity index (χ2v) is 8.46. The summed E-state index contributed by atoms with van der Waals surface area (Å²) in [5.74, 6) is 1.03. The van der Waals surface area contributed by atoms with Gasteiger partial charge in [-0.3, -0.25) is 0 Å². The van der Waals surface area contributed by atoms with Gasteiger partial charge >= 0.3 is 8.80 Å². The molecule has 5 heteroatoms. The molecule has 0 aliphatic heterocycles. The number of hydrogen-bond donors (Lipinski definition) is 1. The van der Waals surface area contributed by atoms with Gasteiger partial charge in [-0.15, -0.1) is 0 Å².